The highest BCUT2D eigenvalue weighted by molar-refractivity contribution is 5.33. The molecular formula is C14H9F5O2. The zero-order valence-corrected chi connectivity index (χ0v) is 10.6. The van der Waals surface area contributed by atoms with Crippen molar-refractivity contribution in [1.82, 2.24) is 0 Å². The van der Waals surface area contributed by atoms with Crippen molar-refractivity contribution in [2.45, 2.75) is 13.0 Å². The number of hydrogen-bond donors (Lipinski definition) is 1. The third kappa shape index (κ3) is 3.24. The highest BCUT2D eigenvalue weighted by atomic mass is 19.3. The van der Waals surface area contributed by atoms with Gasteiger partial charge in [0.15, 0.2) is 0 Å². The lowest BCUT2D eigenvalue weighted by Gasteiger charge is -2.19. The van der Waals surface area contributed by atoms with Crippen LogP contribution in [0.5, 0.6) is 11.5 Å². The standard InChI is InChI=1S/C14H9F5O2/c1-7-2-8(15)4-10(3-7)21-14(18,19)13-11(16)5-9(20)6-12(13)17/h2-6,20H,1H3. The largest absolute Gasteiger partial charge is 0.508 e. The van der Waals surface area contributed by atoms with Gasteiger partial charge in [0.05, 0.1) is 0 Å². The van der Waals surface area contributed by atoms with E-state index in [0.29, 0.717) is 23.8 Å². The van der Waals surface area contributed by atoms with Gasteiger partial charge in [-0.05, 0) is 24.6 Å². The number of aromatic hydroxyl groups is 1. The van der Waals surface area contributed by atoms with Crippen LogP contribution in [0.4, 0.5) is 22.0 Å². The molecule has 0 unspecified atom stereocenters. The normalized spacial score (nSPS) is 11.5. The molecule has 0 aliphatic carbocycles. The Morgan fingerprint density at radius 1 is 0.952 bits per heavy atom. The van der Waals surface area contributed by atoms with Crippen LogP contribution in [0.25, 0.3) is 0 Å². The molecule has 2 nitrogen and oxygen atoms in total. The molecule has 0 saturated carbocycles. The Bertz CT molecular complexity index is 642. The van der Waals surface area contributed by atoms with Gasteiger partial charge in [-0.3, -0.25) is 0 Å². The monoisotopic (exact) mass is 304 g/mol. The van der Waals surface area contributed by atoms with Gasteiger partial charge in [-0.25, -0.2) is 13.2 Å². The average Bonchev–Trinajstić information content (AvgIpc) is 2.23. The first kappa shape index (κ1) is 15.1. The summed E-state index contributed by atoms with van der Waals surface area (Å²) in [6, 6.07) is 3.48. The summed E-state index contributed by atoms with van der Waals surface area (Å²) in [5, 5.41) is 8.93. The lowest BCUT2D eigenvalue weighted by molar-refractivity contribution is -0.189. The highest BCUT2D eigenvalue weighted by Gasteiger charge is 2.41. The number of phenols is 1. The van der Waals surface area contributed by atoms with Crippen LogP contribution in [0.3, 0.4) is 0 Å². The van der Waals surface area contributed by atoms with Crippen LogP contribution < -0.4 is 4.74 Å². The lowest BCUT2D eigenvalue weighted by atomic mass is 10.1. The number of phenolic OH excluding ortho intramolecular Hbond substituents is 1. The van der Waals surface area contributed by atoms with E-state index in [9.17, 15) is 22.0 Å². The predicted molar refractivity (Wildman–Crippen MR) is 63.7 cm³/mol. The molecule has 1 N–H and O–H groups in total. The molecule has 0 heterocycles. The van der Waals surface area contributed by atoms with E-state index in [1.165, 1.54) is 6.92 Å². The second-order valence-electron chi connectivity index (χ2n) is 4.37. The Morgan fingerprint density at radius 2 is 1.52 bits per heavy atom. The average molecular weight is 304 g/mol. The van der Waals surface area contributed by atoms with Crippen LogP contribution in [0.15, 0.2) is 30.3 Å². The summed E-state index contributed by atoms with van der Waals surface area (Å²) >= 11 is 0. The number of rotatable bonds is 3. The van der Waals surface area contributed by atoms with Crippen LogP contribution in [0, 0.1) is 24.4 Å². The number of aryl methyl sites for hydroxylation is 1. The first-order chi connectivity index (χ1) is 9.69. The van der Waals surface area contributed by atoms with Crippen molar-refractivity contribution >= 4 is 0 Å². The van der Waals surface area contributed by atoms with Crippen LogP contribution in [-0.2, 0) is 6.11 Å². The number of ether oxygens (including phenoxy) is 1. The molecule has 0 aliphatic heterocycles. The molecule has 2 aromatic rings. The molecule has 0 spiro atoms. The molecule has 0 radical (unpaired) electrons. The Hall–Kier alpha value is -2.31. The minimum absolute atomic E-state index is 0.299. The van der Waals surface area contributed by atoms with Crippen molar-refractivity contribution in [3.8, 4) is 11.5 Å². The van der Waals surface area contributed by atoms with Gasteiger partial charge in [-0.1, -0.05) is 0 Å². The summed E-state index contributed by atoms with van der Waals surface area (Å²) in [6.07, 6.45) is -4.37. The van der Waals surface area contributed by atoms with Gasteiger partial charge in [0.25, 0.3) is 0 Å². The van der Waals surface area contributed by atoms with Gasteiger partial charge < -0.3 is 9.84 Å². The highest BCUT2D eigenvalue weighted by Crippen LogP contribution is 2.36. The molecule has 2 rings (SSSR count). The topological polar surface area (TPSA) is 29.5 Å². The number of benzene rings is 2. The first-order valence-corrected chi connectivity index (χ1v) is 5.71. The SMILES string of the molecule is Cc1cc(F)cc(OC(F)(F)c2c(F)cc(O)cc2F)c1. The Labute approximate surface area is 116 Å². The number of alkyl halides is 2. The van der Waals surface area contributed by atoms with Gasteiger partial charge in [0.2, 0.25) is 0 Å². The van der Waals surface area contributed by atoms with E-state index in [1.54, 1.807) is 0 Å². The number of halogens is 5. The fourth-order valence-corrected chi connectivity index (χ4v) is 1.80. The summed E-state index contributed by atoms with van der Waals surface area (Å²) in [4.78, 5) is 0. The van der Waals surface area contributed by atoms with Gasteiger partial charge in [-0.15, -0.1) is 0 Å². The quantitative estimate of drug-likeness (QED) is 0.859. The van der Waals surface area contributed by atoms with Crippen LogP contribution in [-0.4, -0.2) is 5.11 Å². The molecule has 0 saturated heterocycles. The van der Waals surface area contributed by atoms with Crippen LogP contribution >= 0.6 is 0 Å². The molecule has 112 valence electrons. The minimum Gasteiger partial charge on any atom is -0.508 e. The van der Waals surface area contributed by atoms with E-state index in [4.69, 9.17) is 5.11 Å². The van der Waals surface area contributed by atoms with E-state index in [0.717, 1.165) is 12.1 Å². The van der Waals surface area contributed by atoms with Crippen molar-refractivity contribution in [3.05, 3.63) is 58.9 Å². The lowest BCUT2D eigenvalue weighted by Crippen LogP contribution is -2.25. The molecular weight excluding hydrogens is 295 g/mol. The second kappa shape index (κ2) is 5.23. The van der Waals surface area contributed by atoms with Crippen molar-refractivity contribution in [1.29, 1.82) is 0 Å². The van der Waals surface area contributed by atoms with Gasteiger partial charge in [-0.2, -0.15) is 8.78 Å². The third-order valence-corrected chi connectivity index (χ3v) is 2.58. The van der Waals surface area contributed by atoms with Crippen LogP contribution in [0.2, 0.25) is 0 Å². The molecule has 0 bridgehead atoms. The fourth-order valence-electron chi connectivity index (χ4n) is 1.80. The minimum atomic E-state index is -4.37. The Balaban J connectivity index is 2.42. The zero-order chi connectivity index (χ0) is 15.8. The molecule has 0 aromatic heterocycles. The van der Waals surface area contributed by atoms with E-state index in [-0.39, 0.29) is 0 Å². The van der Waals surface area contributed by atoms with E-state index in [2.05, 4.69) is 4.74 Å². The zero-order valence-electron chi connectivity index (χ0n) is 10.6. The van der Waals surface area contributed by atoms with Crippen molar-refractivity contribution in [3.63, 3.8) is 0 Å². The molecule has 2 aromatic carbocycles. The molecule has 21 heavy (non-hydrogen) atoms. The van der Waals surface area contributed by atoms with Gasteiger partial charge in [0, 0.05) is 18.2 Å². The number of hydrogen-bond acceptors (Lipinski definition) is 2. The fraction of sp³-hybridized carbons (Fsp3) is 0.143. The summed E-state index contributed by atoms with van der Waals surface area (Å²) in [6.45, 7) is 1.44. The maximum absolute atomic E-state index is 13.9. The predicted octanol–water partition coefficient (Wildman–Crippen LogP) is 4.25. The molecule has 0 aliphatic rings. The molecule has 0 atom stereocenters. The van der Waals surface area contributed by atoms with Gasteiger partial charge >= 0.3 is 6.11 Å². The Morgan fingerprint density at radius 3 is 2.05 bits per heavy atom. The summed E-state index contributed by atoms with van der Waals surface area (Å²) in [7, 11) is 0. The first-order valence-electron chi connectivity index (χ1n) is 5.71. The van der Waals surface area contributed by atoms with Crippen molar-refractivity contribution in [2.24, 2.45) is 0 Å². The van der Waals surface area contributed by atoms with E-state index in [1.807, 2.05) is 0 Å². The van der Waals surface area contributed by atoms with Crippen molar-refractivity contribution < 1.29 is 31.8 Å². The Kier molecular flexibility index (Phi) is 3.76. The molecule has 7 heteroatoms. The van der Waals surface area contributed by atoms with E-state index < -0.39 is 40.6 Å². The maximum Gasteiger partial charge on any atom is 0.432 e. The summed E-state index contributed by atoms with van der Waals surface area (Å²) < 4.78 is 71.9. The van der Waals surface area contributed by atoms with Crippen LogP contribution in [0.1, 0.15) is 11.1 Å². The van der Waals surface area contributed by atoms with Gasteiger partial charge in [0.1, 0.15) is 34.5 Å². The second-order valence-corrected chi connectivity index (χ2v) is 4.37. The summed E-state index contributed by atoms with van der Waals surface area (Å²) in [5.74, 6) is -5.60. The molecule has 0 amide bonds. The maximum atomic E-state index is 13.9. The van der Waals surface area contributed by atoms with Crippen molar-refractivity contribution in [2.75, 3.05) is 0 Å². The smallest absolute Gasteiger partial charge is 0.432 e. The van der Waals surface area contributed by atoms with E-state index >= 15 is 0 Å². The molecule has 0 fully saturated rings. The third-order valence-electron chi connectivity index (χ3n) is 2.58. The summed E-state index contributed by atoms with van der Waals surface area (Å²) in [5.41, 5.74) is -1.37.